The van der Waals surface area contributed by atoms with Crippen molar-refractivity contribution in [3.63, 3.8) is 0 Å². The van der Waals surface area contributed by atoms with E-state index in [1.807, 2.05) is 12.1 Å². The third-order valence-electron chi connectivity index (χ3n) is 5.35. The number of anilines is 1. The average molecular weight is 409 g/mol. The number of fused-ring (bicyclic) bond motifs is 1. The van der Waals surface area contributed by atoms with E-state index >= 15 is 0 Å². The van der Waals surface area contributed by atoms with E-state index in [2.05, 4.69) is 48.9 Å². The predicted octanol–water partition coefficient (Wildman–Crippen LogP) is 6.82. The van der Waals surface area contributed by atoms with E-state index in [0.29, 0.717) is 17.1 Å². The molecular weight excluding hydrogens is 380 g/mol. The van der Waals surface area contributed by atoms with Crippen molar-refractivity contribution in [1.82, 2.24) is 0 Å². The van der Waals surface area contributed by atoms with Crippen LogP contribution in [0.2, 0.25) is 0 Å². The molecule has 0 aromatic heterocycles. The Morgan fingerprint density at radius 3 is 2.47 bits per heavy atom. The van der Waals surface area contributed by atoms with Crippen LogP contribution >= 0.6 is 0 Å². The molecule has 30 heavy (non-hydrogen) atoms. The summed E-state index contributed by atoms with van der Waals surface area (Å²) in [5.41, 5.74) is 4.55. The Balaban J connectivity index is 2.00. The molecule has 1 heterocycles. The number of rotatable bonds is 7. The highest BCUT2D eigenvalue weighted by molar-refractivity contribution is 5.85. The van der Waals surface area contributed by atoms with Crippen LogP contribution in [0.25, 0.3) is 5.57 Å². The Morgan fingerprint density at radius 1 is 1.17 bits per heavy atom. The minimum atomic E-state index is -0.436. The maximum absolute atomic E-state index is 10.8. The topological polar surface area (TPSA) is 80.3 Å². The number of allylic oxidation sites excluding steroid dienone is 1. The molecule has 0 aliphatic carbocycles. The van der Waals surface area contributed by atoms with Crippen LogP contribution in [-0.4, -0.2) is 24.1 Å². The summed E-state index contributed by atoms with van der Waals surface area (Å²) in [7, 11) is 1.62. The third-order valence-corrected chi connectivity index (χ3v) is 5.35. The number of benzene rings is 2. The first-order chi connectivity index (χ1) is 14.3. The Hall–Kier alpha value is -3.22. The Morgan fingerprint density at radius 2 is 1.87 bits per heavy atom. The number of nitro benzene ring substituents is 1. The third kappa shape index (κ3) is 4.35. The van der Waals surface area contributed by atoms with Crippen molar-refractivity contribution in [2.24, 2.45) is 10.2 Å². The second kappa shape index (κ2) is 8.65. The quantitative estimate of drug-likeness (QED) is 0.286. The maximum Gasteiger partial charge on any atom is 0.269 e. The van der Waals surface area contributed by atoms with E-state index in [9.17, 15) is 10.1 Å². The predicted molar refractivity (Wildman–Crippen MR) is 120 cm³/mol. The molecule has 0 fully saturated rings. The Bertz CT molecular complexity index is 994. The van der Waals surface area contributed by atoms with Crippen molar-refractivity contribution < 1.29 is 9.66 Å². The van der Waals surface area contributed by atoms with Crippen LogP contribution in [0.1, 0.15) is 46.1 Å². The van der Waals surface area contributed by atoms with Gasteiger partial charge in [0.2, 0.25) is 0 Å². The molecule has 0 saturated carbocycles. The minimum Gasteiger partial charge on any atom is -0.494 e. The van der Waals surface area contributed by atoms with Crippen LogP contribution in [0, 0.1) is 10.1 Å². The molecule has 0 radical (unpaired) electrons. The molecule has 7 heteroatoms. The highest BCUT2D eigenvalue weighted by Gasteiger charge is 2.31. The smallest absolute Gasteiger partial charge is 0.269 e. The van der Waals surface area contributed by atoms with Crippen molar-refractivity contribution in [3.8, 4) is 5.75 Å². The Kier molecular flexibility index (Phi) is 6.20. The van der Waals surface area contributed by atoms with Crippen LogP contribution in [-0.2, 0) is 0 Å². The number of nitrogens with zero attached hydrogens (tertiary/aromatic N) is 4. The molecule has 0 bridgehead atoms. The van der Waals surface area contributed by atoms with Crippen molar-refractivity contribution in [3.05, 3.63) is 58.2 Å². The van der Waals surface area contributed by atoms with Gasteiger partial charge in [-0.3, -0.25) is 10.1 Å². The molecule has 158 valence electrons. The van der Waals surface area contributed by atoms with Gasteiger partial charge in [-0.15, -0.1) is 5.11 Å². The van der Waals surface area contributed by atoms with E-state index in [4.69, 9.17) is 4.74 Å². The molecule has 1 aliphatic rings. The molecule has 0 unspecified atom stereocenters. The van der Waals surface area contributed by atoms with Gasteiger partial charge in [-0.05, 0) is 51.0 Å². The van der Waals surface area contributed by atoms with Gasteiger partial charge in [-0.2, -0.15) is 5.11 Å². The highest BCUT2D eigenvalue weighted by atomic mass is 16.6. The zero-order valence-corrected chi connectivity index (χ0v) is 18.2. The number of unbranched alkanes of at least 4 members (excludes halogenated alkanes) is 1. The van der Waals surface area contributed by atoms with Crippen LogP contribution in [0.15, 0.2) is 52.7 Å². The lowest BCUT2D eigenvalue weighted by molar-refractivity contribution is -0.384. The van der Waals surface area contributed by atoms with Gasteiger partial charge in [0.25, 0.3) is 5.69 Å². The summed E-state index contributed by atoms with van der Waals surface area (Å²) >= 11 is 0. The number of non-ortho nitro benzene ring substituents is 1. The van der Waals surface area contributed by atoms with Gasteiger partial charge in [0.1, 0.15) is 11.4 Å². The second-order valence-electron chi connectivity index (χ2n) is 8.00. The van der Waals surface area contributed by atoms with Gasteiger partial charge in [0.05, 0.1) is 23.3 Å². The molecule has 0 saturated heterocycles. The van der Waals surface area contributed by atoms with E-state index in [1.165, 1.54) is 17.7 Å². The van der Waals surface area contributed by atoms with Gasteiger partial charge in [0.15, 0.2) is 0 Å². The van der Waals surface area contributed by atoms with Crippen molar-refractivity contribution in [2.75, 3.05) is 18.6 Å². The van der Waals surface area contributed by atoms with Crippen molar-refractivity contribution >= 4 is 28.3 Å². The largest absolute Gasteiger partial charge is 0.494 e. The standard InChI is InChI=1S/C23H28N4O3/c1-6-7-12-26-21-14-22(30-5)20(13-19(21)16(2)15-23(26,3)4)25-24-17-8-10-18(11-9-17)27(28)29/h8-11,13-15H,6-7,12H2,1-5H3. The van der Waals surface area contributed by atoms with Crippen LogP contribution in [0.5, 0.6) is 5.75 Å². The van der Waals surface area contributed by atoms with E-state index in [0.717, 1.165) is 30.6 Å². The molecular formula is C23H28N4O3. The lowest BCUT2D eigenvalue weighted by atomic mass is 9.88. The summed E-state index contributed by atoms with van der Waals surface area (Å²) in [5.74, 6) is 0.645. The number of hydrogen-bond donors (Lipinski definition) is 0. The molecule has 2 aromatic carbocycles. The van der Waals surface area contributed by atoms with E-state index < -0.39 is 4.92 Å². The fourth-order valence-corrected chi connectivity index (χ4v) is 3.81. The summed E-state index contributed by atoms with van der Waals surface area (Å²) in [5, 5.41) is 19.4. The van der Waals surface area contributed by atoms with Gasteiger partial charge < -0.3 is 9.64 Å². The SMILES string of the molecule is CCCCN1c2cc(OC)c(N=Nc3ccc([N+](=O)[O-])cc3)cc2C(C)=CC1(C)C. The molecule has 0 spiro atoms. The monoisotopic (exact) mass is 408 g/mol. The first kappa shape index (κ1) is 21.5. The second-order valence-corrected chi connectivity index (χ2v) is 8.00. The van der Waals surface area contributed by atoms with Gasteiger partial charge in [-0.25, -0.2) is 0 Å². The molecule has 0 atom stereocenters. The Labute approximate surface area is 177 Å². The first-order valence-electron chi connectivity index (χ1n) is 10.1. The van der Waals surface area contributed by atoms with Crippen molar-refractivity contribution in [1.29, 1.82) is 0 Å². The molecule has 7 nitrogen and oxygen atoms in total. The normalized spacial score (nSPS) is 15.1. The van der Waals surface area contributed by atoms with Gasteiger partial charge in [0, 0.05) is 36.0 Å². The first-order valence-corrected chi connectivity index (χ1v) is 10.1. The molecule has 3 rings (SSSR count). The number of methoxy groups -OCH3 is 1. The van der Waals surface area contributed by atoms with Crippen LogP contribution in [0.4, 0.5) is 22.7 Å². The van der Waals surface area contributed by atoms with E-state index in [-0.39, 0.29) is 11.2 Å². The van der Waals surface area contributed by atoms with Gasteiger partial charge >= 0.3 is 0 Å². The molecule has 0 amide bonds. The fourth-order valence-electron chi connectivity index (χ4n) is 3.81. The summed E-state index contributed by atoms with van der Waals surface area (Å²) in [6.07, 6.45) is 4.53. The lowest BCUT2D eigenvalue weighted by Gasteiger charge is -2.43. The molecule has 0 N–H and O–H groups in total. The number of ether oxygens (including phenoxy) is 1. The molecule has 2 aromatic rings. The van der Waals surface area contributed by atoms with Crippen LogP contribution < -0.4 is 9.64 Å². The average Bonchev–Trinajstić information content (AvgIpc) is 2.71. The maximum atomic E-state index is 10.8. The molecule has 1 aliphatic heterocycles. The number of nitro groups is 1. The summed E-state index contributed by atoms with van der Waals surface area (Å²) in [6.45, 7) is 9.73. The fraction of sp³-hybridized carbons (Fsp3) is 0.391. The van der Waals surface area contributed by atoms with Crippen LogP contribution in [0.3, 0.4) is 0 Å². The summed E-state index contributed by atoms with van der Waals surface area (Å²) in [6, 6.07) is 10.0. The van der Waals surface area contributed by atoms with Crippen molar-refractivity contribution in [2.45, 2.75) is 46.1 Å². The lowest BCUT2D eigenvalue weighted by Crippen LogP contribution is -2.45. The highest BCUT2D eigenvalue weighted by Crippen LogP contribution is 2.45. The summed E-state index contributed by atoms with van der Waals surface area (Å²) < 4.78 is 5.62. The van der Waals surface area contributed by atoms with Gasteiger partial charge in [-0.1, -0.05) is 19.4 Å². The number of azo groups is 1. The zero-order valence-electron chi connectivity index (χ0n) is 18.2. The van der Waals surface area contributed by atoms with E-state index in [1.54, 1.807) is 19.2 Å². The minimum absolute atomic E-state index is 0.0239. The summed E-state index contributed by atoms with van der Waals surface area (Å²) in [4.78, 5) is 12.8. The zero-order chi connectivity index (χ0) is 21.9. The number of hydrogen-bond acceptors (Lipinski definition) is 6.